The fourth-order valence-electron chi connectivity index (χ4n) is 2.13. The molecule has 0 saturated heterocycles. The SMILES string of the molecule is C=C(C)CN=C(NCCc1ccco1)N(C)Cc1ncc(Cl)n1C. The summed E-state index contributed by atoms with van der Waals surface area (Å²) < 4.78 is 7.21. The lowest BCUT2D eigenvalue weighted by molar-refractivity contribution is 0.449. The van der Waals surface area contributed by atoms with Gasteiger partial charge < -0.3 is 19.2 Å². The number of guanidine groups is 1. The largest absolute Gasteiger partial charge is 0.469 e. The number of halogens is 1. The molecule has 7 heteroatoms. The maximum absolute atomic E-state index is 6.05. The summed E-state index contributed by atoms with van der Waals surface area (Å²) in [4.78, 5) is 11.0. The van der Waals surface area contributed by atoms with E-state index in [4.69, 9.17) is 16.0 Å². The Kier molecular flexibility index (Phi) is 6.49. The Morgan fingerprint density at radius 1 is 1.54 bits per heavy atom. The second-order valence-corrected chi connectivity index (χ2v) is 6.15. The van der Waals surface area contributed by atoms with Gasteiger partial charge in [-0.3, -0.25) is 0 Å². The van der Waals surface area contributed by atoms with Gasteiger partial charge in [-0.2, -0.15) is 0 Å². The highest BCUT2D eigenvalue weighted by molar-refractivity contribution is 6.29. The minimum absolute atomic E-state index is 0.578. The number of furan rings is 1. The molecule has 130 valence electrons. The molecule has 0 spiro atoms. The zero-order valence-corrected chi connectivity index (χ0v) is 15.2. The molecule has 0 aliphatic heterocycles. The summed E-state index contributed by atoms with van der Waals surface area (Å²) in [6.07, 6.45) is 4.13. The van der Waals surface area contributed by atoms with Gasteiger partial charge in [-0.15, -0.1) is 0 Å². The van der Waals surface area contributed by atoms with Crippen LogP contribution in [0.2, 0.25) is 5.15 Å². The van der Waals surface area contributed by atoms with Gasteiger partial charge in [-0.1, -0.05) is 23.8 Å². The first-order chi connectivity index (χ1) is 11.5. The summed E-state index contributed by atoms with van der Waals surface area (Å²) in [6, 6.07) is 3.86. The minimum atomic E-state index is 0.578. The number of nitrogens with zero attached hydrogens (tertiary/aromatic N) is 4. The van der Waals surface area contributed by atoms with Crippen molar-refractivity contribution < 1.29 is 4.42 Å². The van der Waals surface area contributed by atoms with Crippen molar-refractivity contribution in [1.29, 1.82) is 0 Å². The van der Waals surface area contributed by atoms with Crippen LogP contribution in [0.25, 0.3) is 0 Å². The van der Waals surface area contributed by atoms with Crippen LogP contribution in [-0.2, 0) is 20.0 Å². The molecule has 24 heavy (non-hydrogen) atoms. The van der Waals surface area contributed by atoms with Gasteiger partial charge in [-0.05, 0) is 19.1 Å². The molecular formula is C17H24ClN5O. The van der Waals surface area contributed by atoms with Crippen molar-refractivity contribution in [2.24, 2.45) is 12.0 Å². The number of aliphatic imine (C=N–C) groups is 1. The Bertz CT molecular complexity index is 690. The van der Waals surface area contributed by atoms with Crippen LogP contribution in [0.15, 0.2) is 46.2 Å². The van der Waals surface area contributed by atoms with E-state index in [-0.39, 0.29) is 0 Å². The first-order valence-electron chi connectivity index (χ1n) is 7.79. The molecule has 2 aromatic heterocycles. The molecule has 0 saturated carbocycles. The molecule has 2 aromatic rings. The van der Waals surface area contributed by atoms with Crippen LogP contribution in [0.3, 0.4) is 0 Å². The number of hydrogen-bond acceptors (Lipinski definition) is 3. The van der Waals surface area contributed by atoms with Gasteiger partial charge in [0.25, 0.3) is 0 Å². The predicted octanol–water partition coefficient (Wildman–Crippen LogP) is 2.86. The standard InChI is InChI=1S/C17H24ClN5O/c1-13(2)10-21-17(19-8-7-14-6-5-9-24-14)22(3)12-16-20-11-15(18)23(16)4/h5-6,9,11H,1,7-8,10,12H2,2-4H3,(H,19,21). The lowest BCUT2D eigenvalue weighted by atomic mass is 10.3. The lowest BCUT2D eigenvalue weighted by Gasteiger charge is -2.22. The molecule has 0 unspecified atom stereocenters. The molecule has 1 N–H and O–H groups in total. The van der Waals surface area contributed by atoms with E-state index >= 15 is 0 Å². The van der Waals surface area contributed by atoms with Gasteiger partial charge in [0, 0.05) is 27.1 Å². The predicted molar refractivity (Wildman–Crippen MR) is 97.2 cm³/mol. The van der Waals surface area contributed by atoms with Crippen molar-refractivity contribution in [3.8, 4) is 0 Å². The Hall–Kier alpha value is -2.21. The van der Waals surface area contributed by atoms with Gasteiger partial charge in [-0.25, -0.2) is 9.98 Å². The lowest BCUT2D eigenvalue weighted by Crippen LogP contribution is -2.40. The smallest absolute Gasteiger partial charge is 0.194 e. The maximum Gasteiger partial charge on any atom is 0.194 e. The minimum Gasteiger partial charge on any atom is -0.469 e. The number of nitrogens with one attached hydrogen (secondary N) is 1. The Morgan fingerprint density at radius 3 is 2.92 bits per heavy atom. The van der Waals surface area contributed by atoms with Crippen molar-refractivity contribution in [2.45, 2.75) is 19.9 Å². The Labute approximate surface area is 147 Å². The zero-order valence-electron chi connectivity index (χ0n) is 14.4. The van der Waals surface area contributed by atoms with E-state index in [0.717, 1.165) is 36.1 Å². The Balaban J connectivity index is 1.99. The van der Waals surface area contributed by atoms with Crippen molar-refractivity contribution >= 4 is 17.6 Å². The number of rotatable bonds is 7. The number of aromatic nitrogens is 2. The highest BCUT2D eigenvalue weighted by atomic mass is 35.5. The van der Waals surface area contributed by atoms with E-state index < -0.39 is 0 Å². The summed E-state index contributed by atoms with van der Waals surface area (Å²) in [5.41, 5.74) is 1.01. The molecule has 0 amide bonds. The fourth-order valence-corrected chi connectivity index (χ4v) is 2.28. The van der Waals surface area contributed by atoms with Crippen molar-refractivity contribution in [3.05, 3.63) is 53.5 Å². The van der Waals surface area contributed by atoms with E-state index in [1.54, 1.807) is 12.5 Å². The molecule has 0 bridgehead atoms. The van der Waals surface area contributed by atoms with E-state index in [1.807, 2.05) is 42.6 Å². The van der Waals surface area contributed by atoms with Gasteiger partial charge >= 0.3 is 0 Å². The van der Waals surface area contributed by atoms with Crippen molar-refractivity contribution in [1.82, 2.24) is 19.8 Å². The topological polar surface area (TPSA) is 58.6 Å². The highest BCUT2D eigenvalue weighted by Gasteiger charge is 2.12. The number of imidazole rings is 1. The average Bonchev–Trinajstić information content (AvgIpc) is 3.16. The summed E-state index contributed by atoms with van der Waals surface area (Å²) in [7, 11) is 3.87. The van der Waals surface area contributed by atoms with Crippen LogP contribution in [0.1, 0.15) is 18.5 Å². The molecule has 0 atom stereocenters. The van der Waals surface area contributed by atoms with E-state index in [1.165, 1.54) is 0 Å². The van der Waals surface area contributed by atoms with Gasteiger partial charge in [0.1, 0.15) is 16.7 Å². The van der Waals surface area contributed by atoms with Crippen LogP contribution in [0.5, 0.6) is 0 Å². The van der Waals surface area contributed by atoms with Crippen LogP contribution in [-0.4, -0.2) is 40.5 Å². The normalized spacial score (nSPS) is 11.6. The van der Waals surface area contributed by atoms with Gasteiger partial charge in [0.05, 0.1) is 25.5 Å². The maximum atomic E-state index is 6.05. The quantitative estimate of drug-likeness (QED) is 0.474. The summed E-state index contributed by atoms with van der Waals surface area (Å²) in [5.74, 6) is 2.61. The van der Waals surface area contributed by atoms with Crippen LogP contribution in [0, 0.1) is 0 Å². The molecule has 0 aliphatic rings. The third-order valence-electron chi connectivity index (χ3n) is 3.50. The third-order valence-corrected chi connectivity index (χ3v) is 3.85. The molecule has 0 radical (unpaired) electrons. The zero-order chi connectivity index (χ0) is 17.5. The first kappa shape index (κ1) is 18.1. The van der Waals surface area contributed by atoms with Crippen LogP contribution >= 0.6 is 11.6 Å². The van der Waals surface area contributed by atoms with Crippen molar-refractivity contribution in [3.63, 3.8) is 0 Å². The molecule has 2 heterocycles. The molecule has 0 fully saturated rings. The summed E-state index contributed by atoms with van der Waals surface area (Å²) in [6.45, 7) is 7.78. The Morgan fingerprint density at radius 2 is 2.33 bits per heavy atom. The molecule has 0 aromatic carbocycles. The second-order valence-electron chi connectivity index (χ2n) is 5.77. The van der Waals surface area contributed by atoms with E-state index in [9.17, 15) is 0 Å². The van der Waals surface area contributed by atoms with Gasteiger partial charge in [0.15, 0.2) is 5.96 Å². The second kappa shape index (κ2) is 8.59. The van der Waals surface area contributed by atoms with Gasteiger partial charge in [0.2, 0.25) is 0 Å². The molecule has 6 nitrogen and oxygen atoms in total. The first-order valence-corrected chi connectivity index (χ1v) is 8.17. The third kappa shape index (κ3) is 5.16. The monoisotopic (exact) mass is 349 g/mol. The number of hydrogen-bond donors (Lipinski definition) is 1. The summed E-state index contributed by atoms with van der Waals surface area (Å²) >= 11 is 6.05. The van der Waals surface area contributed by atoms with Crippen molar-refractivity contribution in [2.75, 3.05) is 20.1 Å². The molecular weight excluding hydrogens is 326 g/mol. The highest BCUT2D eigenvalue weighted by Crippen LogP contribution is 2.10. The van der Waals surface area contributed by atoms with Crippen LogP contribution in [0.4, 0.5) is 0 Å². The molecule has 0 aliphatic carbocycles. The summed E-state index contributed by atoms with van der Waals surface area (Å²) in [5, 5.41) is 3.98. The molecule has 2 rings (SSSR count). The van der Waals surface area contributed by atoms with E-state index in [0.29, 0.717) is 18.2 Å². The fraction of sp³-hybridized carbons (Fsp3) is 0.412. The average molecular weight is 350 g/mol. The van der Waals surface area contributed by atoms with Crippen LogP contribution < -0.4 is 5.32 Å². The van der Waals surface area contributed by atoms with E-state index in [2.05, 4.69) is 21.9 Å².